The van der Waals surface area contributed by atoms with Crippen LogP contribution in [0.15, 0.2) is 12.3 Å². The van der Waals surface area contributed by atoms with Gasteiger partial charge in [-0.05, 0) is 95.6 Å². The molecule has 1 saturated heterocycles. The summed E-state index contributed by atoms with van der Waals surface area (Å²) in [6.07, 6.45) is -2.43. The molecule has 0 bridgehead atoms. The lowest BCUT2D eigenvalue weighted by Crippen LogP contribution is -2.67. The van der Waals surface area contributed by atoms with Crippen LogP contribution in [0, 0.1) is 21.7 Å². The second-order valence-electron chi connectivity index (χ2n) is 15.8. The van der Waals surface area contributed by atoms with Gasteiger partial charge in [-0.3, -0.25) is 24.0 Å². The number of nitrogens with zero attached hydrogens (tertiary/aromatic N) is 1. The van der Waals surface area contributed by atoms with E-state index >= 15 is 0 Å². The normalized spacial score (nSPS) is 26.6. The summed E-state index contributed by atoms with van der Waals surface area (Å²) in [5, 5.41) is 0. The molecular formula is C33H53NO10. The van der Waals surface area contributed by atoms with Crippen molar-refractivity contribution in [3.05, 3.63) is 12.3 Å². The highest BCUT2D eigenvalue weighted by Crippen LogP contribution is 2.37. The quantitative estimate of drug-likeness (QED) is 0.287. The van der Waals surface area contributed by atoms with Crippen molar-refractivity contribution in [3.8, 4) is 0 Å². The molecule has 2 rings (SSSR count). The summed E-state index contributed by atoms with van der Waals surface area (Å²) in [4.78, 5) is 67.1. The van der Waals surface area contributed by atoms with E-state index in [0.717, 1.165) is 0 Å². The van der Waals surface area contributed by atoms with Crippen LogP contribution in [0.4, 0.5) is 0 Å². The van der Waals surface area contributed by atoms with E-state index in [2.05, 4.69) is 0 Å². The third-order valence-corrected chi connectivity index (χ3v) is 7.22. The van der Waals surface area contributed by atoms with E-state index in [4.69, 9.17) is 23.7 Å². The van der Waals surface area contributed by atoms with Crippen LogP contribution in [0.1, 0.15) is 103 Å². The minimum absolute atomic E-state index is 0.0736. The van der Waals surface area contributed by atoms with Crippen molar-refractivity contribution in [1.29, 1.82) is 0 Å². The molecule has 6 atom stereocenters. The van der Waals surface area contributed by atoms with Crippen LogP contribution < -0.4 is 0 Å². The van der Waals surface area contributed by atoms with Gasteiger partial charge in [0.25, 0.3) is 0 Å². The number of ketones is 1. The molecule has 250 valence electrons. The van der Waals surface area contributed by atoms with Crippen molar-refractivity contribution >= 4 is 29.7 Å². The van der Waals surface area contributed by atoms with E-state index in [9.17, 15) is 24.0 Å². The van der Waals surface area contributed by atoms with Crippen LogP contribution in [-0.4, -0.2) is 77.9 Å². The van der Waals surface area contributed by atoms with Gasteiger partial charge in [0.15, 0.2) is 30.3 Å². The molecule has 0 aromatic rings. The first-order valence-electron chi connectivity index (χ1n) is 15.3. The van der Waals surface area contributed by atoms with Gasteiger partial charge in [-0.15, -0.1) is 0 Å². The largest absolute Gasteiger partial charge is 0.462 e. The molecule has 0 aromatic heterocycles. The number of esters is 4. The first-order valence-corrected chi connectivity index (χ1v) is 15.3. The van der Waals surface area contributed by atoms with E-state index in [1.807, 2.05) is 6.92 Å². The molecule has 0 aromatic carbocycles. The SMILES string of the molecule is CC[C@@H]1CC(=O)C=CN1[C@@H]1O[C@H](COC(=O)C(C)(C)C)[C@H](OC(=O)C(C)(C)C)[C@H](OC(=O)C(C)(C)C)[C@H]1OC(=O)C(C)(C)C. The fraction of sp³-hybridized carbons (Fsp3) is 0.788. The number of hydrogen-bond acceptors (Lipinski definition) is 11. The molecule has 2 aliphatic heterocycles. The molecular weight excluding hydrogens is 570 g/mol. The Hall–Kier alpha value is -2.95. The number of allylic oxidation sites excluding steroid dienone is 1. The van der Waals surface area contributed by atoms with Gasteiger partial charge >= 0.3 is 23.9 Å². The number of rotatable bonds is 7. The molecule has 0 unspecified atom stereocenters. The molecule has 11 heteroatoms. The van der Waals surface area contributed by atoms with E-state index in [1.165, 1.54) is 6.08 Å². The predicted molar refractivity (Wildman–Crippen MR) is 162 cm³/mol. The lowest BCUT2D eigenvalue weighted by atomic mass is 9.91. The third kappa shape index (κ3) is 9.52. The van der Waals surface area contributed by atoms with Crippen molar-refractivity contribution in [3.63, 3.8) is 0 Å². The monoisotopic (exact) mass is 623 g/mol. The smallest absolute Gasteiger partial charge is 0.311 e. The standard InChI is InChI=1S/C33H53NO10/c1-14-19-17-20(35)15-16-34(19)25-24(44-29(39)33(11,12)13)23(43-28(38)32(8,9)10)22(42-27(37)31(5,6)7)21(41-25)18-40-26(36)30(2,3)4/h15-16,19,21-25H,14,17-18H2,1-13H3/t19-,21-,22+,23+,24-,25-/m1/s1. The van der Waals surface area contributed by atoms with E-state index < -0.39 is 76.2 Å². The lowest BCUT2D eigenvalue weighted by molar-refractivity contribution is -0.283. The average molecular weight is 624 g/mol. The maximum Gasteiger partial charge on any atom is 0.311 e. The van der Waals surface area contributed by atoms with Crippen molar-refractivity contribution < 1.29 is 47.7 Å². The van der Waals surface area contributed by atoms with Crippen LogP contribution in [0.3, 0.4) is 0 Å². The molecule has 2 aliphatic rings. The highest BCUT2D eigenvalue weighted by molar-refractivity contribution is 5.90. The summed E-state index contributed by atoms with van der Waals surface area (Å²) in [7, 11) is 0. The number of carbonyl (C=O) groups is 5. The van der Waals surface area contributed by atoms with Gasteiger partial charge in [0, 0.05) is 18.7 Å². The summed E-state index contributed by atoms with van der Waals surface area (Å²) in [5.41, 5.74) is -3.71. The van der Waals surface area contributed by atoms with Gasteiger partial charge in [-0.1, -0.05) is 6.92 Å². The van der Waals surface area contributed by atoms with Gasteiger partial charge in [0.05, 0.1) is 21.7 Å². The Balaban J connectivity index is 2.78. The Morgan fingerprint density at radius 3 is 1.59 bits per heavy atom. The van der Waals surface area contributed by atoms with Crippen LogP contribution in [0.25, 0.3) is 0 Å². The molecule has 11 nitrogen and oxygen atoms in total. The molecule has 0 spiro atoms. The minimum Gasteiger partial charge on any atom is -0.462 e. The number of ether oxygens (including phenoxy) is 5. The van der Waals surface area contributed by atoms with Crippen molar-refractivity contribution in [1.82, 2.24) is 4.90 Å². The van der Waals surface area contributed by atoms with E-state index in [0.29, 0.717) is 6.42 Å². The zero-order valence-corrected chi connectivity index (χ0v) is 28.8. The number of hydrogen-bond donors (Lipinski definition) is 0. The Bertz CT molecular complexity index is 1120. The molecule has 44 heavy (non-hydrogen) atoms. The van der Waals surface area contributed by atoms with Crippen LogP contribution >= 0.6 is 0 Å². The van der Waals surface area contributed by atoms with Gasteiger partial charge in [-0.2, -0.15) is 0 Å². The van der Waals surface area contributed by atoms with Crippen molar-refractivity contribution in [2.24, 2.45) is 21.7 Å². The summed E-state index contributed by atoms with van der Waals surface area (Å²) >= 11 is 0. The zero-order chi connectivity index (χ0) is 34.0. The highest BCUT2D eigenvalue weighted by atomic mass is 16.7. The second kappa shape index (κ2) is 13.6. The average Bonchev–Trinajstić information content (AvgIpc) is 2.87. The molecule has 2 heterocycles. The van der Waals surface area contributed by atoms with E-state index in [-0.39, 0.29) is 24.9 Å². The maximum atomic E-state index is 13.4. The van der Waals surface area contributed by atoms with Gasteiger partial charge in [0.2, 0.25) is 0 Å². The molecule has 1 fully saturated rings. The minimum atomic E-state index is -1.35. The van der Waals surface area contributed by atoms with E-state index in [1.54, 1.807) is 94.2 Å². The van der Waals surface area contributed by atoms with Crippen molar-refractivity contribution in [2.75, 3.05) is 6.61 Å². The fourth-order valence-corrected chi connectivity index (χ4v) is 4.29. The Morgan fingerprint density at radius 2 is 1.16 bits per heavy atom. The van der Waals surface area contributed by atoms with Crippen LogP contribution in [0.5, 0.6) is 0 Å². The van der Waals surface area contributed by atoms with Gasteiger partial charge in [-0.25, -0.2) is 0 Å². The summed E-state index contributed by atoms with van der Waals surface area (Å²) in [6, 6.07) is -0.334. The third-order valence-electron chi connectivity index (χ3n) is 7.22. The Kier molecular flexibility index (Phi) is 11.5. The molecule has 0 amide bonds. The maximum absolute atomic E-state index is 13.4. The predicted octanol–water partition coefficient (Wildman–Crippen LogP) is 4.74. The van der Waals surface area contributed by atoms with Crippen LogP contribution in [0.2, 0.25) is 0 Å². The van der Waals surface area contributed by atoms with Gasteiger partial charge in [0.1, 0.15) is 12.7 Å². The Morgan fingerprint density at radius 1 is 0.727 bits per heavy atom. The lowest BCUT2D eigenvalue weighted by Gasteiger charge is -2.50. The Labute approximate surface area is 262 Å². The molecule has 0 radical (unpaired) electrons. The summed E-state index contributed by atoms with van der Waals surface area (Å²) < 4.78 is 30.4. The summed E-state index contributed by atoms with van der Waals surface area (Å²) in [6.45, 7) is 21.8. The topological polar surface area (TPSA) is 135 Å². The second-order valence-corrected chi connectivity index (χ2v) is 15.8. The first kappa shape index (κ1) is 37.2. The van der Waals surface area contributed by atoms with Crippen molar-refractivity contribution in [2.45, 2.75) is 140 Å². The van der Waals surface area contributed by atoms with Crippen LogP contribution in [-0.2, 0) is 47.7 Å². The molecule has 0 aliphatic carbocycles. The first-order chi connectivity index (χ1) is 19.9. The van der Waals surface area contributed by atoms with Gasteiger partial charge < -0.3 is 28.6 Å². The zero-order valence-electron chi connectivity index (χ0n) is 28.8. The molecule has 0 saturated carbocycles. The highest BCUT2D eigenvalue weighted by Gasteiger charge is 2.56. The summed E-state index contributed by atoms with van der Waals surface area (Å²) in [5.74, 6) is -2.44. The number of carbonyl (C=O) groups excluding carboxylic acids is 5. The molecule has 0 N–H and O–H groups in total. The fourth-order valence-electron chi connectivity index (χ4n) is 4.29.